The maximum absolute atomic E-state index is 13.4. The van der Waals surface area contributed by atoms with Crippen LogP contribution in [0.3, 0.4) is 0 Å². The summed E-state index contributed by atoms with van der Waals surface area (Å²) < 4.78 is 25.6. The molecule has 0 radical (unpaired) electrons. The van der Waals surface area contributed by atoms with Crippen LogP contribution in [0.1, 0.15) is 62.9 Å². The number of benzene rings is 2. The first kappa shape index (κ1) is 26.4. The number of fused-ring (bicyclic) bond motifs is 4. The molecule has 2 aromatic rings. The molecule has 8 atom stereocenters. The van der Waals surface area contributed by atoms with Crippen LogP contribution >= 0.6 is 0 Å². The minimum atomic E-state index is -0.867. The Balaban J connectivity index is 1.24. The van der Waals surface area contributed by atoms with E-state index in [1.807, 2.05) is 43.3 Å². The first-order chi connectivity index (χ1) is 20.1. The van der Waals surface area contributed by atoms with E-state index in [2.05, 4.69) is 20.8 Å². The number of ether oxygens (including phenoxy) is 4. The Bertz CT molecular complexity index is 1580. The molecule has 3 aliphatic heterocycles. The summed E-state index contributed by atoms with van der Waals surface area (Å²) >= 11 is 0. The second kappa shape index (κ2) is 8.43. The summed E-state index contributed by atoms with van der Waals surface area (Å²) in [4.78, 5) is 26.7. The van der Waals surface area contributed by atoms with Crippen LogP contribution in [0.15, 0.2) is 77.6 Å². The quantitative estimate of drug-likeness (QED) is 0.298. The van der Waals surface area contributed by atoms with Gasteiger partial charge in [0.05, 0.1) is 24.4 Å². The smallest absolute Gasteiger partial charge is 0.343 e. The zero-order chi connectivity index (χ0) is 29.2. The van der Waals surface area contributed by atoms with Crippen LogP contribution in [0.25, 0.3) is 5.76 Å². The normalized spacial score (nSPS) is 42.0. The number of aliphatic hydroxyl groups is 1. The second-order valence-corrected chi connectivity index (χ2v) is 13.7. The molecule has 2 saturated carbocycles. The number of hydrogen-bond donors (Lipinski definition) is 1. The molecule has 2 saturated heterocycles. The molecule has 42 heavy (non-hydrogen) atoms. The van der Waals surface area contributed by atoms with Gasteiger partial charge in [-0.25, -0.2) is 9.59 Å². The Kier molecular flexibility index (Phi) is 5.29. The molecule has 2 aromatic carbocycles. The number of rotatable bonds is 4. The third-order valence-corrected chi connectivity index (χ3v) is 11.8. The highest BCUT2D eigenvalue weighted by Crippen LogP contribution is 2.82. The van der Waals surface area contributed by atoms with E-state index in [9.17, 15) is 14.7 Å². The van der Waals surface area contributed by atoms with Crippen molar-refractivity contribution < 1.29 is 33.6 Å². The number of hydrogen-bond acceptors (Lipinski definition) is 7. The van der Waals surface area contributed by atoms with Gasteiger partial charge in [0.25, 0.3) is 0 Å². The molecule has 4 fully saturated rings. The lowest BCUT2D eigenvalue weighted by Gasteiger charge is -2.60. The van der Waals surface area contributed by atoms with Crippen LogP contribution in [0, 0.1) is 28.6 Å². The maximum Gasteiger partial charge on any atom is 0.343 e. The fourth-order valence-electron chi connectivity index (χ4n) is 9.49. The van der Waals surface area contributed by atoms with Gasteiger partial charge in [0.1, 0.15) is 11.2 Å². The minimum Gasteiger partial charge on any atom is -0.419 e. The van der Waals surface area contributed by atoms with Gasteiger partial charge in [0, 0.05) is 33.5 Å². The van der Waals surface area contributed by atoms with Crippen molar-refractivity contribution in [3.63, 3.8) is 0 Å². The largest absolute Gasteiger partial charge is 0.419 e. The van der Waals surface area contributed by atoms with Gasteiger partial charge in [0.2, 0.25) is 0 Å². The molecule has 1 N–H and O–H groups in total. The summed E-state index contributed by atoms with van der Waals surface area (Å²) in [5.74, 6) is -0.0796. The van der Waals surface area contributed by atoms with Gasteiger partial charge in [-0.15, -0.1) is 0 Å². The molecular weight excluding hydrogens is 532 g/mol. The van der Waals surface area contributed by atoms with Gasteiger partial charge in [-0.05, 0) is 50.2 Å². The Morgan fingerprint density at radius 2 is 1.69 bits per heavy atom. The minimum absolute atomic E-state index is 0.00166. The Morgan fingerprint density at radius 1 is 1.02 bits per heavy atom. The van der Waals surface area contributed by atoms with Crippen LogP contribution in [0.2, 0.25) is 0 Å². The van der Waals surface area contributed by atoms with E-state index < -0.39 is 34.7 Å². The van der Waals surface area contributed by atoms with Crippen molar-refractivity contribution in [3.05, 3.63) is 88.7 Å². The molecule has 7 heteroatoms. The van der Waals surface area contributed by atoms with Crippen molar-refractivity contribution in [1.82, 2.24) is 0 Å². The fourth-order valence-corrected chi connectivity index (χ4v) is 9.49. The lowest BCUT2D eigenvalue weighted by Crippen LogP contribution is -2.72. The standard InChI is InChI=1S/C35H36O7/c1-19(2)34-17-23(34)28-35(42-28)32(3)16-15-22-25(24(32)18-39-33(35,4)31(34)38)27(41-30(22)37)26(20-11-7-5-8-12-20)40-29(36)21-13-9-6-10-14-21/h5-14,19,23-24,28,31,38H,15-18H2,1-4H3/b27-26+/t23-,24-,28-,31-,32-,33+,34+,35+/m0/s1. The van der Waals surface area contributed by atoms with Crippen LogP contribution in [-0.2, 0) is 23.7 Å². The number of esters is 2. The Morgan fingerprint density at radius 3 is 2.36 bits per heavy atom. The van der Waals surface area contributed by atoms with E-state index in [4.69, 9.17) is 18.9 Å². The highest BCUT2D eigenvalue weighted by atomic mass is 16.7. The molecule has 3 aliphatic carbocycles. The topological polar surface area (TPSA) is 94.6 Å². The van der Waals surface area contributed by atoms with Gasteiger partial charge < -0.3 is 24.1 Å². The zero-order valence-electron chi connectivity index (χ0n) is 24.4. The maximum atomic E-state index is 13.4. The van der Waals surface area contributed by atoms with Crippen molar-refractivity contribution in [2.75, 3.05) is 6.61 Å². The molecule has 7 nitrogen and oxygen atoms in total. The van der Waals surface area contributed by atoms with E-state index in [1.54, 1.807) is 24.3 Å². The number of carbonyl (C=O) groups is 2. The molecule has 3 heterocycles. The van der Waals surface area contributed by atoms with Crippen LogP contribution in [0.4, 0.5) is 0 Å². The Labute approximate surface area is 245 Å². The first-order valence-electron chi connectivity index (χ1n) is 15.1. The number of epoxide rings is 1. The number of aliphatic hydroxyl groups excluding tert-OH is 1. The highest BCUT2D eigenvalue weighted by molar-refractivity contribution is 5.99. The summed E-state index contributed by atoms with van der Waals surface area (Å²) in [6, 6.07) is 18.1. The zero-order valence-corrected chi connectivity index (χ0v) is 24.4. The average Bonchev–Trinajstić information content (AvgIpc) is 3.89. The molecule has 0 aromatic heterocycles. The van der Waals surface area contributed by atoms with Gasteiger partial charge in [0.15, 0.2) is 11.5 Å². The number of cyclic esters (lactones) is 1. The van der Waals surface area contributed by atoms with Crippen molar-refractivity contribution >= 4 is 17.7 Å². The SMILES string of the molecule is CC(C)[C@]12C[C@H]1[C@@H]1O[C@@]13[C@@]1(C)CCC4=C(/C(=C(\OC(=O)c5ccccc5)c5ccccc5)OC4=O)[C@@H]1CO[C@]3(C)[C@@H]2O. The predicted molar refractivity (Wildman–Crippen MR) is 153 cm³/mol. The van der Waals surface area contributed by atoms with Crippen molar-refractivity contribution in [2.45, 2.75) is 70.4 Å². The van der Waals surface area contributed by atoms with Gasteiger partial charge in [-0.1, -0.05) is 69.3 Å². The molecule has 0 unspecified atom stereocenters. The summed E-state index contributed by atoms with van der Waals surface area (Å²) in [5, 5.41) is 12.0. The Hall–Kier alpha value is -3.26. The third-order valence-electron chi connectivity index (χ3n) is 11.8. The lowest BCUT2D eigenvalue weighted by molar-refractivity contribution is -0.258. The molecule has 6 aliphatic rings. The van der Waals surface area contributed by atoms with Gasteiger partial charge in [-0.3, -0.25) is 0 Å². The third kappa shape index (κ3) is 3.02. The number of carbonyl (C=O) groups excluding carboxylic acids is 2. The predicted octanol–water partition coefficient (Wildman–Crippen LogP) is 5.45. The first-order valence-corrected chi connectivity index (χ1v) is 15.1. The summed E-state index contributed by atoms with van der Waals surface area (Å²) in [5.41, 5.74) is 0.225. The van der Waals surface area contributed by atoms with E-state index in [1.165, 1.54) is 0 Å². The summed E-state index contributed by atoms with van der Waals surface area (Å²) in [6.07, 6.45) is 1.52. The number of allylic oxidation sites excluding steroid dienone is 1. The van der Waals surface area contributed by atoms with Crippen molar-refractivity contribution in [3.8, 4) is 0 Å². The highest BCUT2D eigenvalue weighted by Gasteiger charge is 2.92. The van der Waals surface area contributed by atoms with Crippen LogP contribution < -0.4 is 0 Å². The van der Waals surface area contributed by atoms with Gasteiger partial charge >= 0.3 is 11.9 Å². The lowest BCUT2D eigenvalue weighted by atomic mass is 9.49. The molecule has 0 amide bonds. The van der Waals surface area contributed by atoms with Crippen LogP contribution in [-0.4, -0.2) is 47.1 Å². The van der Waals surface area contributed by atoms with E-state index >= 15 is 0 Å². The average molecular weight is 569 g/mol. The molecule has 0 bridgehead atoms. The monoisotopic (exact) mass is 568 g/mol. The second-order valence-electron chi connectivity index (χ2n) is 13.7. The molecular formula is C35H36O7. The molecule has 1 spiro atoms. The van der Waals surface area contributed by atoms with E-state index in [-0.39, 0.29) is 29.0 Å². The van der Waals surface area contributed by atoms with Gasteiger partial charge in [-0.2, -0.15) is 0 Å². The molecule has 8 rings (SSSR count). The van der Waals surface area contributed by atoms with Crippen LogP contribution in [0.5, 0.6) is 0 Å². The summed E-state index contributed by atoms with van der Waals surface area (Å²) in [6.45, 7) is 8.94. The van der Waals surface area contributed by atoms with E-state index in [0.29, 0.717) is 48.0 Å². The van der Waals surface area contributed by atoms with Crippen molar-refractivity contribution in [2.24, 2.45) is 28.6 Å². The molecule has 218 valence electrons. The fraction of sp³-hybridized carbons (Fsp3) is 0.486. The van der Waals surface area contributed by atoms with Crippen molar-refractivity contribution in [1.29, 1.82) is 0 Å². The summed E-state index contributed by atoms with van der Waals surface area (Å²) in [7, 11) is 0. The van der Waals surface area contributed by atoms with E-state index in [0.717, 1.165) is 12.0 Å².